The molecule has 1 fully saturated rings. The first-order chi connectivity index (χ1) is 15.7. The number of aryl methyl sites for hydroxylation is 1. The highest BCUT2D eigenvalue weighted by Gasteiger charge is 2.48. The smallest absolute Gasteiger partial charge is 0.300 e. The summed E-state index contributed by atoms with van der Waals surface area (Å²) >= 11 is 7.57. The van der Waals surface area contributed by atoms with E-state index in [0.29, 0.717) is 17.2 Å². The summed E-state index contributed by atoms with van der Waals surface area (Å²) in [4.78, 5) is 27.9. The maximum Gasteiger partial charge on any atom is 0.300 e. The number of Topliss-reactive ketones (excluding diaryl/α,β-unsaturated/α-hetero) is 1. The van der Waals surface area contributed by atoms with Crippen molar-refractivity contribution in [3.05, 3.63) is 86.1 Å². The van der Waals surface area contributed by atoms with Crippen molar-refractivity contribution in [1.29, 1.82) is 0 Å². The zero-order valence-corrected chi connectivity index (χ0v) is 19.1. The van der Waals surface area contributed by atoms with Crippen LogP contribution in [0.15, 0.2) is 53.4 Å². The van der Waals surface area contributed by atoms with E-state index in [4.69, 9.17) is 16.3 Å². The van der Waals surface area contributed by atoms with Gasteiger partial charge in [0.1, 0.15) is 17.6 Å². The summed E-state index contributed by atoms with van der Waals surface area (Å²) in [6, 6.07) is 8.29. The molecular weight excluding hydrogens is 472 g/mol. The molecule has 2 heterocycles. The number of hydrogen-bond acceptors (Lipinski definition) is 5. The van der Waals surface area contributed by atoms with E-state index < -0.39 is 35.1 Å². The van der Waals surface area contributed by atoms with E-state index in [1.54, 1.807) is 31.4 Å². The molecule has 1 unspecified atom stereocenters. The molecule has 1 aliphatic rings. The summed E-state index contributed by atoms with van der Waals surface area (Å²) in [7, 11) is 0. The lowest BCUT2D eigenvalue weighted by atomic mass is 9.98. The number of aliphatic hydroxyl groups excluding tert-OH is 1. The number of carbonyl (C=O) groups excluding carboxylic acids is 2. The molecule has 1 aliphatic heterocycles. The Hall–Kier alpha value is -3.23. The van der Waals surface area contributed by atoms with E-state index in [1.165, 1.54) is 29.5 Å². The maximum atomic E-state index is 14.0. The number of aliphatic hydroxyl groups is 1. The predicted molar refractivity (Wildman–Crippen MR) is 123 cm³/mol. The summed E-state index contributed by atoms with van der Waals surface area (Å²) in [5.41, 5.74) is 0.664. The normalized spacial score (nSPS) is 17.6. The Morgan fingerprint density at radius 2 is 1.91 bits per heavy atom. The number of hydrogen-bond donors (Lipinski definition) is 1. The molecule has 1 aromatic heterocycles. The van der Waals surface area contributed by atoms with Crippen LogP contribution < -0.4 is 9.64 Å². The monoisotopic (exact) mass is 489 g/mol. The third kappa shape index (κ3) is 4.00. The molecule has 170 valence electrons. The van der Waals surface area contributed by atoms with Gasteiger partial charge in [-0.25, -0.2) is 8.78 Å². The molecule has 2 aromatic carbocycles. The van der Waals surface area contributed by atoms with Gasteiger partial charge in [-0.2, -0.15) is 0 Å². The second-order valence-corrected chi connectivity index (χ2v) is 8.66. The van der Waals surface area contributed by atoms with Crippen molar-refractivity contribution in [3.8, 4) is 5.75 Å². The van der Waals surface area contributed by atoms with E-state index in [9.17, 15) is 23.5 Å². The highest BCUT2D eigenvalue weighted by molar-refractivity contribution is 7.10. The van der Waals surface area contributed by atoms with Crippen LogP contribution in [-0.4, -0.2) is 23.4 Å². The molecule has 0 spiro atoms. The Morgan fingerprint density at radius 3 is 2.55 bits per heavy atom. The van der Waals surface area contributed by atoms with Gasteiger partial charge in [-0.15, -0.1) is 11.3 Å². The standard InChI is InChI=1S/C24H18ClF2NO4S/c1-3-32-14-5-6-16(25)15(11-14)21(29)19-20(23-12(2)8-9-33-23)28(24(31)22(19)30)13-4-7-17(26)18(27)10-13/h4-11,20,29H,3H2,1-2H3/b21-19-. The van der Waals surface area contributed by atoms with Gasteiger partial charge in [-0.05, 0) is 61.2 Å². The van der Waals surface area contributed by atoms with Gasteiger partial charge in [-0.1, -0.05) is 11.6 Å². The van der Waals surface area contributed by atoms with Crippen LogP contribution in [0.2, 0.25) is 5.02 Å². The summed E-state index contributed by atoms with van der Waals surface area (Å²) in [6.45, 7) is 3.96. The van der Waals surface area contributed by atoms with Gasteiger partial charge in [0.05, 0.1) is 17.2 Å². The van der Waals surface area contributed by atoms with Crippen molar-refractivity contribution in [3.63, 3.8) is 0 Å². The molecule has 9 heteroatoms. The number of thiophene rings is 1. The molecule has 1 atom stereocenters. The first-order valence-corrected chi connectivity index (χ1v) is 11.2. The second-order valence-electron chi connectivity index (χ2n) is 7.31. The van der Waals surface area contributed by atoms with Crippen LogP contribution in [0.25, 0.3) is 5.76 Å². The molecular formula is C24H18ClF2NO4S. The number of nitrogens with zero attached hydrogens (tertiary/aromatic N) is 1. The first-order valence-electron chi connectivity index (χ1n) is 9.97. The topological polar surface area (TPSA) is 66.8 Å². The lowest BCUT2D eigenvalue weighted by Crippen LogP contribution is -2.29. The summed E-state index contributed by atoms with van der Waals surface area (Å²) in [6.07, 6.45) is 0. The fourth-order valence-electron chi connectivity index (χ4n) is 3.73. The number of ether oxygens (including phenoxy) is 1. The Labute approximate surface area is 197 Å². The third-order valence-corrected chi connectivity index (χ3v) is 6.68. The van der Waals surface area contributed by atoms with Crippen molar-refractivity contribution in [2.75, 3.05) is 11.5 Å². The average Bonchev–Trinajstić information content (AvgIpc) is 3.32. The molecule has 1 N–H and O–H groups in total. The van der Waals surface area contributed by atoms with Crippen molar-refractivity contribution in [2.45, 2.75) is 19.9 Å². The van der Waals surface area contributed by atoms with E-state index in [-0.39, 0.29) is 21.8 Å². The minimum absolute atomic E-state index is 0.0120. The molecule has 3 aromatic rings. The van der Waals surface area contributed by atoms with Crippen LogP contribution in [0.4, 0.5) is 14.5 Å². The third-order valence-electron chi connectivity index (χ3n) is 5.28. The van der Waals surface area contributed by atoms with Crippen molar-refractivity contribution >= 4 is 46.1 Å². The SMILES string of the molecule is CCOc1ccc(Cl)c(/C(O)=C2/C(=O)C(=O)N(c3ccc(F)c(F)c3)C2c2sccc2C)c1. The Balaban J connectivity index is 1.96. The fourth-order valence-corrected chi connectivity index (χ4v) is 4.97. The molecule has 0 bridgehead atoms. The van der Waals surface area contributed by atoms with Gasteiger partial charge in [0.25, 0.3) is 11.7 Å². The predicted octanol–water partition coefficient (Wildman–Crippen LogP) is 6.01. The number of anilines is 1. The molecule has 0 aliphatic carbocycles. The highest BCUT2D eigenvalue weighted by Crippen LogP contribution is 2.45. The van der Waals surface area contributed by atoms with Gasteiger partial charge in [0.2, 0.25) is 0 Å². The summed E-state index contributed by atoms with van der Waals surface area (Å²) < 4.78 is 33.0. The molecule has 1 amide bonds. The Bertz CT molecular complexity index is 1300. The van der Waals surface area contributed by atoms with Gasteiger partial charge in [0.15, 0.2) is 11.6 Å². The van der Waals surface area contributed by atoms with Gasteiger partial charge in [-0.3, -0.25) is 14.5 Å². The number of amides is 1. The van der Waals surface area contributed by atoms with E-state index in [0.717, 1.165) is 22.6 Å². The van der Waals surface area contributed by atoms with Crippen molar-refractivity contribution in [2.24, 2.45) is 0 Å². The lowest BCUT2D eigenvalue weighted by molar-refractivity contribution is -0.132. The molecule has 0 radical (unpaired) electrons. The fraction of sp³-hybridized carbons (Fsp3) is 0.167. The van der Waals surface area contributed by atoms with E-state index in [1.807, 2.05) is 0 Å². The maximum absolute atomic E-state index is 14.0. The van der Waals surface area contributed by atoms with Crippen LogP contribution in [0, 0.1) is 18.6 Å². The Morgan fingerprint density at radius 1 is 1.15 bits per heavy atom. The van der Waals surface area contributed by atoms with Crippen LogP contribution in [-0.2, 0) is 9.59 Å². The minimum atomic E-state index is -1.16. The molecule has 5 nitrogen and oxygen atoms in total. The Kier molecular flexibility index (Phi) is 6.23. The van der Waals surface area contributed by atoms with Crippen LogP contribution in [0.1, 0.15) is 29.0 Å². The molecule has 4 rings (SSSR count). The minimum Gasteiger partial charge on any atom is -0.507 e. The number of benzene rings is 2. The molecule has 0 saturated carbocycles. The van der Waals surface area contributed by atoms with Crippen molar-refractivity contribution < 1.29 is 28.2 Å². The first kappa shape index (κ1) is 22.9. The van der Waals surface area contributed by atoms with Crippen LogP contribution in [0.3, 0.4) is 0 Å². The number of ketones is 1. The highest BCUT2D eigenvalue weighted by atomic mass is 35.5. The largest absolute Gasteiger partial charge is 0.507 e. The second kappa shape index (κ2) is 8.96. The van der Waals surface area contributed by atoms with Gasteiger partial charge < -0.3 is 9.84 Å². The number of carbonyl (C=O) groups is 2. The van der Waals surface area contributed by atoms with Gasteiger partial charge in [0, 0.05) is 22.2 Å². The zero-order valence-electron chi connectivity index (χ0n) is 17.6. The van der Waals surface area contributed by atoms with Gasteiger partial charge >= 0.3 is 0 Å². The lowest BCUT2D eigenvalue weighted by Gasteiger charge is -2.25. The average molecular weight is 490 g/mol. The van der Waals surface area contributed by atoms with E-state index in [2.05, 4.69) is 0 Å². The molecule has 33 heavy (non-hydrogen) atoms. The van der Waals surface area contributed by atoms with E-state index >= 15 is 0 Å². The van der Waals surface area contributed by atoms with Crippen LogP contribution in [0.5, 0.6) is 5.75 Å². The number of halogens is 3. The zero-order chi connectivity index (χ0) is 23.9. The van der Waals surface area contributed by atoms with Crippen molar-refractivity contribution in [1.82, 2.24) is 0 Å². The summed E-state index contributed by atoms with van der Waals surface area (Å²) in [5.74, 6) is -4.25. The quantitative estimate of drug-likeness (QED) is 0.270. The van der Waals surface area contributed by atoms with Crippen LogP contribution >= 0.6 is 22.9 Å². The molecule has 1 saturated heterocycles. The number of rotatable bonds is 5. The summed E-state index contributed by atoms with van der Waals surface area (Å²) in [5, 5.41) is 13.1.